The smallest absolute Gasteiger partial charge is 0.202 e. The molecule has 2 heterocycles. The molecule has 0 amide bonds. The van der Waals surface area contributed by atoms with Gasteiger partial charge in [-0.3, -0.25) is 4.57 Å². The summed E-state index contributed by atoms with van der Waals surface area (Å²) in [6.07, 6.45) is 4.65. The zero-order chi connectivity index (χ0) is 13.3. The molecule has 0 unspecified atom stereocenters. The minimum Gasteiger partial charge on any atom is -0.369 e. The molecule has 4 nitrogen and oxygen atoms in total. The van der Waals surface area contributed by atoms with Crippen molar-refractivity contribution < 1.29 is 0 Å². The summed E-state index contributed by atoms with van der Waals surface area (Å²) in [7, 11) is 0. The van der Waals surface area contributed by atoms with E-state index in [1.807, 2.05) is 6.07 Å². The van der Waals surface area contributed by atoms with E-state index in [0.29, 0.717) is 11.0 Å². The normalized spacial score (nSPS) is 12.2. The van der Waals surface area contributed by atoms with Gasteiger partial charge in [0.05, 0.1) is 5.02 Å². The molecule has 0 spiro atoms. The van der Waals surface area contributed by atoms with Gasteiger partial charge in [-0.15, -0.1) is 0 Å². The lowest BCUT2D eigenvalue weighted by atomic mass is 9.89. The van der Waals surface area contributed by atoms with E-state index in [1.54, 1.807) is 6.20 Å². The molecule has 0 atom stereocenters. The van der Waals surface area contributed by atoms with Crippen LogP contribution in [-0.2, 0) is 5.54 Å². The highest BCUT2D eigenvalue weighted by molar-refractivity contribution is 6.31. The van der Waals surface area contributed by atoms with E-state index in [2.05, 4.69) is 35.3 Å². The predicted octanol–water partition coefficient (Wildman–Crippen LogP) is 3.59. The molecule has 0 aliphatic carbocycles. The number of aromatic nitrogens is 3. The van der Waals surface area contributed by atoms with Crippen LogP contribution in [-0.4, -0.2) is 14.5 Å². The second-order valence-corrected chi connectivity index (χ2v) is 5.02. The first-order chi connectivity index (χ1) is 8.57. The van der Waals surface area contributed by atoms with Crippen LogP contribution >= 0.6 is 11.6 Å². The third kappa shape index (κ3) is 1.85. The van der Waals surface area contributed by atoms with Gasteiger partial charge in [0, 0.05) is 11.7 Å². The van der Waals surface area contributed by atoms with Crippen LogP contribution in [0.15, 0.2) is 12.3 Å². The summed E-state index contributed by atoms with van der Waals surface area (Å²) < 4.78 is 2.07. The fraction of sp³-hybridized carbons (Fsp3) is 0.538. The van der Waals surface area contributed by atoms with Gasteiger partial charge in [-0.05, 0) is 25.3 Å². The maximum absolute atomic E-state index is 6.08. The quantitative estimate of drug-likeness (QED) is 0.920. The molecule has 2 N–H and O–H groups in total. The van der Waals surface area contributed by atoms with Crippen LogP contribution in [0.5, 0.6) is 0 Å². The maximum Gasteiger partial charge on any atom is 0.202 e. The van der Waals surface area contributed by atoms with Crippen molar-refractivity contribution in [2.45, 2.75) is 45.6 Å². The van der Waals surface area contributed by atoms with E-state index in [-0.39, 0.29) is 5.54 Å². The summed E-state index contributed by atoms with van der Waals surface area (Å²) in [6.45, 7) is 6.52. The average Bonchev–Trinajstić information content (AvgIpc) is 2.69. The predicted molar refractivity (Wildman–Crippen MR) is 75.8 cm³/mol. The molecule has 0 bridgehead atoms. The van der Waals surface area contributed by atoms with E-state index in [9.17, 15) is 0 Å². The van der Waals surface area contributed by atoms with Crippen molar-refractivity contribution in [3.8, 4) is 0 Å². The molecule has 0 saturated heterocycles. The Morgan fingerprint density at radius 1 is 1.28 bits per heavy atom. The van der Waals surface area contributed by atoms with Crippen molar-refractivity contribution in [1.29, 1.82) is 0 Å². The average molecular weight is 267 g/mol. The Balaban J connectivity index is 2.73. The lowest BCUT2D eigenvalue weighted by Gasteiger charge is -2.33. The highest BCUT2D eigenvalue weighted by Gasteiger charge is 2.30. The zero-order valence-electron chi connectivity index (χ0n) is 11.1. The van der Waals surface area contributed by atoms with Crippen molar-refractivity contribution in [3.05, 3.63) is 17.3 Å². The Labute approximate surface area is 112 Å². The molecule has 0 saturated carbocycles. The van der Waals surface area contributed by atoms with Gasteiger partial charge in [0.1, 0.15) is 5.52 Å². The number of halogens is 1. The van der Waals surface area contributed by atoms with Gasteiger partial charge in [-0.2, -0.15) is 0 Å². The third-order valence-corrected chi connectivity index (χ3v) is 4.15. The molecule has 0 aliphatic rings. The van der Waals surface area contributed by atoms with Gasteiger partial charge < -0.3 is 5.73 Å². The van der Waals surface area contributed by atoms with Crippen molar-refractivity contribution in [3.63, 3.8) is 0 Å². The highest BCUT2D eigenvalue weighted by Crippen LogP contribution is 2.34. The van der Waals surface area contributed by atoms with Crippen LogP contribution in [0.25, 0.3) is 11.2 Å². The number of rotatable bonds is 4. The Morgan fingerprint density at radius 3 is 2.44 bits per heavy atom. The summed E-state index contributed by atoms with van der Waals surface area (Å²) in [5.74, 6) is 0.519. The molecule has 18 heavy (non-hydrogen) atoms. The molecule has 0 fully saturated rings. The number of imidazole rings is 1. The Kier molecular flexibility index (Phi) is 3.48. The lowest BCUT2D eigenvalue weighted by Crippen LogP contribution is -2.32. The molecule has 2 rings (SSSR count). The highest BCUT2D eigenvalue weighted by atomic mass is 35.5. The molecule has 0 radical (unpaired) electrons. The molecule has 0 aliphatic heterocycles. The van der Waals surface area contributed by atoms with E-state index in [4.69, 9.17) is 17.3 Å². The van der Waals surface area contributed by atoms with Gasteiger partial charge in [0.15, 0.2) is 5.65 Å². The van der Waals surface area contributed by atoms with Gasteiger partial charge in [0.2, 0.25) is 5.95 Å². The fourth-order valence-electron chi connectivity index (χ4n) is 2.65. The Bertz CT molecular complexity index is 549. The van der Waals surface area contributed by atoms with Crippen LogP contribution in [0.3, 0.4) is 0 Å². The minimum atomic E-state index is -0.0142. The minimum absolute atomic E-state index is 0.0142. The number of nitrogens with two attached hydrogens (primary N) is 1. The number of pyridine rings is 1. The van der Waals surface area contributed by atoms with Gasteiger partial charge in [0.25, 0.3) is 0 Å². The first kappa shape index (κ1) is 13.1. The van der Waals surface area contributed by atoms with Crippen molar-refractivity contribution in [1.82, 2.24) is 14.5 Å². The molecule has 98 valence electrons. The number of anilines is 1. The second-order valence-electron chi connectivity index (χ2n) is 4.59. The maximum atomic E-state index is 6.08. The molecular weight excluding hydrogens is 248 g/mol. The molecule has 5 heteroatoms. The monoisotopic (exact) mass is 266 g/mol. The van der Waals surface area contributed by atoms with E-state index >= 15 is 0 Å². The first-order valence-corrected chi connectivity index (χ1v) is 6.75. The largest absolute Gasteiger partial charge is 0.369 e. The lowest BCUT2D eigenvalue weighted by molar-refractivity contribution is 0.261. The van der Waals surface area contributed by atoms with E-state index < -0.39 is 0 Å². The van der Waals surface area contributed by atoms with Crippen LogP contribution in [0, 0.1) is 0 Å². The summed E-state index contributed by atoms with van der Waals surface area (Å²) in [5, 5.41) is 0.585. The molecule has 0 aromatic carbocycles. The van der Waals surface area contributed by atoms with Crippen LogP contribution in [0.4, 0.5) is 5.95 Å². The summed E-state index contributed by atoms with van der Waals surface area (Å²) in [4.78, 5) is 8.78. The van der Waals surface area contributed by atoms with Crippen molar-refractivity contribution in [2.24, 2.45) is 0 Å². The molecule has 2 aromatic heterocycles. The van der Waals surface area contributed by atoms with Crippen LogP contribution < -0.4 is 5.73 Å². The van der Waals surface area contributed by atoms with E-state index in [1.165, 1.54) is 0 Å². The van der Waals surface area contributed by atoms with Crippen molar-refractivity contribution in [2.75, 3.05) is 5.73 Å². The second kappa shape index (κ2) is 4.76. The van der Waals surface area contributed by atoms with Crippen molar-refractivity contribution >= 4 is 28.7 Å². The summed E-state index contributed by atoms with van der Waals surface area (Å²) >= 11 is 5.94. The van der Waals surface area contributed by atoms with Crippen LogP contribution in [0.1, 0.15) is 40.0 Å². The standard InChI is InChI=1S/C13H19ClN4/c1-4-13(5-2,6-3)18-11-10(17-12(18)15)7-9(14)8-16-11/h7-8H,4-6H2,1-3H3,(H2,15,17). The fourth-order valence-corrected chi connectivity index (χ4v) is 2.80. The van der Waals surface area contributed by atoms with E-state index in [0.717, 1.165) is 30.4 Å². The zero-order valence-corrected chi connectivity index (χ0v) is 11.8. The van der Waals surface area contributed by atoms with Gasteiger partial charge >= 0.3 is 0 Å². The number of nitrogen functional groups attached to an aromatic ring is 1. The number of hydrogen-bond donors (Lipinski definition) is 1. The number of fused-ring (bicyclic) bond motifs is 1. The summed E-state index contributed by atoms with van der Waals surface area (Å²) in [6, 6.07) is 1.81. The SMILES string of the molecule is CCC(CC)(CC)n1c(N)nc2cc(Cl)cnc21. The molecular formula is C13H19ClN4. The third-order valence-electron chi connectivity index (χ3n) is 3.94. The topological polar surface area (TPSA) is 56.7 Å². The first-order valence-electron chi connectivity index (χ1n) is 6.38. The van der Waals surface area contributed by atoms with Gasteiger partial charge in [-0.25, -0.2) is 9.97 Å². The number of hydrogen-bond acceptors (Lipinski definition) is 3. The number of nitrogens with zero attached hydrogens (tertiary/aromatic N) is 3. The molecule has 2 aromatic rings. The Hall–Kier alpha value is -1.29. The summed E-state index contributed by atoms with van der Waals surface area (Å²) in [5.41, 5.74) is 7.66. The van der Waals surface area contributed by atoms with Gasteiger partial charge in [-0.1, -0.05) is 32.4 Å². The van der Waals surface area contributed by atoms with Crippen LogP contribution in [0.2, 0.25) is 5.02 Å². The Morgan fingerprint density at radius 2 is 1.89 bits per heavy atom.